The van der Waals surface area contributed by atoms with Crippen molar-refractivity contribution in [3.05, 3.63) is 11.1 Å². The van der Waals surface area contributed by atoms with Gasteiger partial charge in [-0.3, -0.25) is 0 Å². The van der Waals surface area contributed by atoms with Crippen molar-refractivity contribution in [2.45, 2.75) is 77.1 Å². The molecule has 2 nitrogen and oxygen atoms in total. The van der Waals surface area contributed by atoms with Gasteiger partial charge in [0.05, 0.1) is 12.2 Å². The van der Waals surface area contributed by atoms with Gasteiger partial charge in [0, 0.05) is 6.42 Å². The lowest BCUT2D eigenvalue weighted by atomic mass is 9.52. The summed E-state index contributed by atoms with van der Waals surface area (Å²) in [6.45, 7) is 7.85. The molecule has 0 aromatic rings. The van der Waals surface area contributed by atoms with Gasteiger partial charge in [-0.15, -0.1) is 0 Å². The van der Waals surface area contributed by atoms with E-state index in [2.05, 4.69) is 20.8 Å². The summed E-state index contributed by atoms with van der Waals surface area (Å²) in [5.41, 5.74) is 3.86. The van der Waals surface area contributed by atoms with Crippen LogP contribution in [0.25, 0.3) is 0 Å². The number of ether oxygens (including phenoxy) is 2. The largest absolute Gasteiger partial charge is 0.347 e. The molecule has 4 aliphatic rings. The van der Waals surface area contributed by atoms with Crippen LogP contribution in [0, 0.1) is 11.3 Å². The van der Waals surface area contributed by atoms with E-state index in [0.717, 1.165) is 13.0 Å². The van der Waals surface area contributed by atoms with Gasteiger partial charge in [0.2, 0.25) is 0 Å². The zero-order valence-corrected chi connectivity index (χ0v) is 12.6. The predicted molar refractivity (Wildman–Crippen MR) is 74.8 cm³/mol. The van der Waals surface area contributed by atoms with Crippen molar-refractivity contribution in [1.29, 1.82) is 0 Å². The average Bonchev–Trinajstić information content (AvgIpc) is 2.60. The average molecular weight is 262 g/mol. The molecule has 1 unspecified atom stereocenters. The number of allylic oxidation sites excluding steroid dienone is 2. The van der Waals surface area contributed by atoms with E-state index in [1.54, 1.807) is 11.1 Å². The molecular weight excluding hydrogens is 236 g/mol. The van der Waals surface area contributed by atoms with Crippen molar-refractivity contribution < 1.29 is 9.47 Å². The highest BCUT2D eigenvalue weighted by atomic mass is 16.8. The molecule has 0 radical (unpaired) electrons. The van der Waals surface area contributed by atoms with Crippen LogP contribution >= 0.6 is 0 Å². The zero-order valence-electron chi connectivity index (χ0n) is 12.6. The van der Waals surface area contributed by atoms with Gasteiger partial charge in [0.25, 0.3) is 0 Å². The van der Waals surface area contributed by atoms with E-state index in [1.807, 2.05) is 0 Å². The molecule has 0 aromatic heterocycles. The summed E-state index contributed by atoms with van der Waals surface area (Å²) in [7, 11) is 0. The second-order valence-corrected chi connectivity index (χ2v) is 7.71. The van der Waals surface area contributed by atoms with E-state index >= 15 is 0 Å². The van der Waals surface area contributed by atoms with E-state index in [0.29, 0.717) is 11.3 Å². The van der Waals surface area contributed by atoms with Gasteiger partial charge in [-0.1, -0.05) is 18.1 Å². The Morgan fingerprint density at radius 2 is 1.95 bits per heavy atom. The molecule has 2 aliphatic carbocycles. The first-order valence-corrected chi connectivity index (χ1v) is 8.01. The first-order chi connectivity index (χ1) is 8.98. The maximum Gasteiger partial charge on any atom is 0.166 e. The smallest absolute Gasteiger partial charge is 0.166 e. The predicted octanol–water partition coefficient (Wildman–Crippen LogP) is 4.20. The summed E-state index contributed by atoms with van der Waals surface area (Å²) in [5.74, 6) is 0.396. The van der Waals surface area contributed by atoms with Gasteiger partial charge < -0.3 is 9.47 Å². The molecule has 106 valence electrons. The minimum absolute atomic E-state index is 0.0306. The third-order valence-electron chi connectivity index (χ3n) is 6.58. The van der Waals surface area contributed by atoms with Gasteiger partial charge in [0.15, 0.2) is 5.79 Å². The van der Waals surface area contributed by atoms with Crippen molar-refractivity contribution in [3.63, 3.8) is 0 Å². The van der Waals surface area contributed by atoms with Gasteiger partial charge in [0.1, 0.15) is 0 Å². The summed E-state index contributed by atoms with van der Waals surface area (Å²) in [6.07, 6.45) is 8.79. The van der Waals surface area contributed by atoms with E-state index in [9.17, 15) is 0 Å². The lowest BCUT2D eigenvalue weighted by Gasteiger charge is -2.57. The minimum atomic E-state index is -0.280. The molecule has 1 saturated carbocycles. The molecule has 2 saturated heterocycles. The molecule has 19 heavy (non-hydrogen) atoms. The summed E-state index contributed by atoms with van der Waals surface area (Å²) >= 11 is 0. The van der Waals surface area contributed by atoms with Crippen LogP contribution in [0.2, 0.25) is 0 Å². The Bertz CT molecular complexity index is 454. The van der Waals surface area contributed by atoms with Crippen molar-refractivity contribution >= 4 is 0 Å². The van der Waals surface area contributed by atoms with E-state index in [1.165, 1.54) is 38.5 Å². The van der Waals surface area contributed by atoms with Crippen LogP contribution < -0.4 is 0 Å². The normalized spacial score (nSPS) is 52.9. The molecule has 4 rings (SSSR count). The standard InChI is InChI=1S/C17H26O2/c1-12-5-4-8-15(2)13(12)6-10-17-11-18-16(3,19-17)9-7-14(15)17/h14H,4-11H2,1-3H3/t14?,15-,16+,17-/m0/s1. The molecule has 3 fully saturated rings. The van der Waals surface area contributed by atoms with Crippen molar-refractivity contribution in [3.8, 4) is 0 Å². The topological polar surface area (TPSA) is 18.5 Å². The monoisotopic (exact) mass is 262 g/mol. The fraction of sp³-hybridized carbons (Fsp3) is 0.882. The van der Waals surface area contributed by atoms with E-state index in [-0.39, 0.29) is 11.4 Å². The Morgan fingerprint density at radius 1 is 1.11 bits per heavy atom. The Hall–Kier alpha value is -0.340. The molecule has 2 aliphatic heterocycles. The second-order valence-electron chi connectivity index (χ2n) is 7.71. The van der Waals surface area contributed by atoms with Crippen LogP contribution in [-0.4, -0.2) is 18.0 Å². The fourth-order valence-corrected chi connectivity index (χ4v) is 5.65. The number of hydrogen-bond donors (Lipinski definition) is 0. The third kappa shape index (κ3) is 1.50. The number of fused-ring (bicyclic) bond motifs is 3. The van der Waals surface area contributed by atoms with E-state index in [4.69, 9.17) is 9.47 Å². The Balaban J connectivity index is 1.78. The van der Waals surface area contributed by atoms with Crippen LogP contribution in [0.3, 0.4) is 0 Å². The highest BCUT2D eigenvalue weighted by molar-refractivity contribution is 5.30. The molecule has 2 heterocycles. The maximum absolute atomic E-state index is 6.48. The Morgan fingerprint density at radius 3 is 2.79 bits per heavy atom. The van der Waals surface area contributed by atoms with Crippen LogP contribution in [0.5, 0.6) is 0 Å². The molecule has 2 heteroatoms. The lowest BCUT2D eigenvalue weighted by Crippen LogP contribution is -2.56. The molecule has 0 amide bonds. The Kier molecular flexibility index (Phi) is 2.38. The van der Waals surface area contributed by atoms with Gasteiger partial charge >= 0.3 is 0 Å². The van der Waals surface area contributed by atoms with Crippen molar-refractivity contribution in [2.75, 3.05) is 6.61 Å². The molecule has 4 atom stereocenters. The maximum atomic E-state index is 6.48. The lowest BCUT2D eigenvalue weighted by molar-refractivity contribution is -0.236. The van der Waals surface area contributed by atoms with Crippen LogP contribution in [0.15, 0.2) is 11.1 Å². The summed E-state index contributed by atoms with van der Waals surface area (Å²) in [4.78, 5) is 0. The first kappa shape index (κ1) is 12.4. The first-order valence-electron chi connectivity index (χ1n) is 8.01. The molecule has 1 spiro atoms. The number of rotatable bonds is 0. The summed E-state index contributed by atoms with van der Waals surface area (Å²) < 4.78 is 12.5. The van der Waals surface area contributed by atoms with Crippen LogP contribution in [0.1, 0.15) is 65.7 Å². The minimum Gasteiger partial charge on any atom is -0.347 e. The second kappa shape index (κ2) is 3.65. The molecule has 0 N–H and O–H groups in total. The Labute approximate surface area is 116 Å². The highest BCUT2D eigenvalue weighted by Gasteiger charge is 2.63. The van der Waals surface area contributed by atoms with Gasteiger partial charge in [-0.05, 0) is 63.7 Å². The zero-order chi connectivity index (χ0) is 13.3. The summed E-state index contributed by atoms with van der Waals surface area (Å²) in [6, 6.07) is 0. The van der Waals surface area contributed by atoms with E-state index < -0.39 is 0 Å². The van der Waals surface area contributed by atoms with Gasteiger partial charge in [-0.2, -0.15) is 0 Å². The molecule has 2 bridgehead atoms. The SMILES string of the molecule is CC1=C2CC[C@]34CO[C@@](C)(CCC3[C@@]2(C)CCC1)O4. The molecular formula is C17H26O2. The van der Waals surface area contributed by atoms with Crippen LogP contribution in [-0.2, 0) is 9.47 Å². The quantitative estimate of drug-likeness (QED) is 0.609. The number of hydrogen-bond acceptors (Lipinski definition) is 2. The van der Waals surface area contributed by atoms with Crippen LogP contribution in [0.4, 0.5) is 0 Å². The van der Waals surface area contributed by atoms with Gasteiger partial charge in [-0.25, -0.2) is 0 Å². The molecule has 0 aromatic carbocycles. The van der Waals surface area contributed by atoms with Crippen molar-refractivity contribution in [2.24, 2.45) is 11.3 Å². The fourth-order valence-electron chi connectivity index (χ4n) is 5.65. The third-order valence-corrected chi connectivity index (χ3v) is 6.58. The highest BCUT2D eigenvalue weighted by Crippen LogP contribution is 2.63. The van der Waals surface area contributed by atoms with Crippen molar-refractivity contribution in [1.82, 2.24) is 0 Å². The summed E-state index contributed by atoms with van der Waals surface area (Å²) in [5, 5.41) is 0.